The maximum atomic E-state index is 12.1. The van der Waals surface area contributed by atoms with Crippen molar-refractivity contribution in [3.8, 4) is 5.75 Å². The summed E-state index contributed by atoms with van der Waals surface area (Å²) in [6.45, 7) is 0.415. The Hall–Kier alpha value is -2.88. The van der Waals surface area contributed by atoms with Crippen LogP contribution >= 0.6 is 0 Å². The van der Waals surface area contributed by atoms with E-state index in [4.69, 9.17) is 4.74 Å². The van der Waals surface area contributed by atoms with Crippen LogP contribution in [0.25, 0.3) is 10.9 Å². The van der Waals surface area contributed by atoms with Gasteiger partial charge in [-0.05, 0) is 18.2 Å². The van der Waals surface area contributed by atoms with Crippen LogP contribution in [0.4, 0.5) is 0 Å². The molecule has 1 heterocycles. The van der Waals surface area contributed by atoms with E-state index in [-0.39, 0.29) is 12.3 Å². The molecule has 0 aliphatic rings. The van der Waals surface area contributed by atoms with Crippen molar-refractivity contribution in [3.63, 3.8) is 0 Å². The Morgan fingerprint density at radius 1 is 1.04 bits per heavy atom. The molecule has 1 N–H and O–H groups in total. The monoisotopic (exact) mass is 306 g/mol. The molecular formula is C19H18N2O2. The van der Waals surface area contributed by atoms with E-state index in [1.807, 2.05) is 60.7 Å². The number of pyridine rings is 1. The first-order valence-corrected chi connectivity index (χ1v) is 7.49. The zero-order valence-corrected chi connectivity index (χ0v) is 13.0. The second-order valence-electron chi connectivity index (χ2n) is 5.26. The lowest BCUT2D eigenvalue weighted by molar-refractivity contribution is -0.120. The van der Waals surface area contributed by atoms with Crippen molar-refractivity contribution in [2.24, 2.45) is 0 Å². The lowest BCUT2D eigenvalue weighted by Gasteiger charge is -2.09. The highest BCUT2D eigenvalue weighted by Gasteiger charge is 2.08. The molecular weight excluding hydrogens is 288 g/mol. The van der Waals surface area contributed by atoms with E-state index in [1.54, 1.807) is 7.11 Å². The average molecular weight is 306 g/mol. The maximum absolute atomic E-state index is 12.1. The number of nitrogens with one attached hydrogen (secondary N) is 1. The number of amides is 1. The first-order chi connectivity index (χ1) is 11.3. The molecule has 0 aliphatic heterocycles. The van der Waals surface area contributed by atoms with Crippen LogP contribution in [-0.4, -0.2) is 18.0 Å². The fourth-order valence-electron chi connectivity index (χ4n) is 2.48. The Kier molecular flexibility index (Phi) is 4.52. The molecule has 4 heteroatoms. The molecule has 1 aromatic heterocycles. The van der Waals surface area contributed by atoms with Gasteiger partial charge in [0.1, 0.15) is 5.75 Å². The maximum Gasteiger partial charge on any atom is 0.224 e. The first kappa shape index (κ1) is 15.0. The van der Waals surface area contributed by atoms with Crippen LogP contribution in [0.5, 0.6) is 5.75 Å². The summed E-state index contributed by atoms with van der Waals surface area (Å²) in [5.74, 6) is 0.677. The van der Waals surface area contributed by atoms with Gasteiger partial charge in [0.05, 0.1) is 31.3 Å². The van der Waals surface area contributed by atoms with E-state index in [9.17, 15) is 4.79 Å². The van der Waals surface area contributed by atoms with Crippen LogP contribution in [0.15, 0.2) is 60.7 Å². The summed E-state index contributed by atoms with van der Waals surface area (Å²) in [5.41, 5.74) is 2.65. The van der Waals surface area contributed by atoms with Crippen LogP contribution < -0.4 is 10.1 Å². The molecule has 0 saturated carbocycles. The summed E-state index contributed by atoms with van der Waals surface area (Å²) >= 11 is 0. The molecule has 0 fully saturated rings. The first-order valence-electron chi connectivity index (χ1n) is 7.49. The molecule has 0 aliphatic carbocycles. The third-order valence-electron chi connectivity index (χ3n) is 3.67. The number of aromatic nitrogens is 1. The Morgan fingerprint density at radius 2 is 1.83 bits per heavy atom. The molecule has 0 unspecified atom stereocenters. The minimum absolute atomic E-state index is 0.0514. The van der Waals surface area contributed by atoms with Gasteiger partial charge in [-0.2, -0.15) is 0 Å². The van der Waals surface area contributed by atoms with Gasteiger partial charge in [0.15, 0.2) is 0 Å². The topological polar surface area (TPSA) is 51.2 Å². The number of carbonyl (C=O) groups excluding carboxylic acids is 1. The second kappa shape index (κ2) is 6.92. The predicted molar refractivity (Wildman–Crippen MR) is 90.3 cm³/mol. The van der Waals surface area contributed by atoms with E-state index >= 15 is 0 Å². The van der Waals surface area contributed by atoms with Gasteiger partial charge in [-0.1, -0.05) is 42.5 Å². The van der Waals surface area contributed by atoms with Crippen molar-refractivity contribution in [2.45, 2.75) is 13.0 Å². The molecule has 3 aromatic rings. The van der Waals surface area contributed by atoms with E-state index in [0.29, 0.717) is 6.54 Å². The van der Waals surface area contributed by atoms with Gasteiger partial charge < -0.3 is 10.1 Å². The summed E-state index contributed by atoms with van der Waals surface area (Å²) < 4.78 is 5.26. The van der Waals surface area contributed by atoms with Gasteiger partial charge in [-0.3, -0.25) is 9.78 Å². The zero-order chi connectivity index (χ0) is 16.1. The summed E-state index contributed by atoms with van der Waals surface area (Å²) in [4.78, 5) is 16.7. The molecule has 0 bridgehead atoms. The second-order valence-corrected chi connectivity index (χ2v) is 5.26. The van der Waals surface area contributed by atoms with Crippen LogP contribution in [0.2, 0.25) is 0 Å². The molecule has 0 radical (unpaired) electrons. The Bertz CT molecular complexity index is 830. The van der Waals surface area contributed by atoms with Crippen LogP contribution in [0.1, 0.15) is 11.3 Å². The Balaban J connectivity index is 1.63. The van der Waals surface area contributed by atoms with Gasteiger partial charge in [0.25, 0.3) is 0 Å². The molecule has 2 aromatic carbocycles. The number of methoxy groups -OCH3 is 1. The van der Waals surface area contributed by atoms with E-state index < -0.39 is 0 Å². The summed E-state index contributed by atoms with van der Waals surface area (Å²) in [7, 11) is 1.61. The van der Waals surface area contributed by atoms with Gasteiger partial charge in [0.2, 0.25) is 5.91 Å². The SMILES string of the molecule is COc1ccccc1CC(=O)NCc1ccc2ccccc2n1. The van der Waals surface area contributed by atoms with Gasteiger partial charge in [-0.25, -0.2) is 0 Å². The van der Waals surface area contributed by atoms with Crippen molar-refractivity contribution >= 4 is 16.8 Å². The minimum atomic E-state index is -0.0514. The predicted octanol–water partition coefficient (Wildman–Crippen LogP) is 3.10. The fraction of sp³-hybridized carbons (Fsp3) is 0.158. The summed E-state index contributed by atoms with van der Waals surface area (Å²) in [6, 6.07) is 19.4. The van der Waals surface area contributed by atoms with Gasteiger partial charge >= 0.3 is 0 Å². The third kappa shape index (κ3) is 3.66. The number of benzene rings is 2. The highest BCUT2D eigenvalue weighted by molar-refractivity contribution is 5.80. The molecule has 0 spiro atoms. The highest BCUT2D eigenvalue weighted by Crippen LogP contribution is 2.17. The van der Waals surface area contributed by atoms with Crippen molar-refractivity contribution in [2.75, 3.05) is 7.11 Å². The van der Waals surface area contributed by atoms with Crippen molar-refractivity contribution in [1.82, 2.24) is 10.3 Å². The Labute approximate surface area is 135 Å². The quantitative estimate of drug-likeness (QED) is 0.788. The van der Waals surface area contributed by atoms with E-state index in [1.165, 1.54) is 0 Å². The fourth-order valence-corrected chi connectivity index (χ4v) is 2.48. The number of hydrogen-bond donors (Lipinski definition) is 1. The number of carbonyl (C=O) groups is 1. The lowest BCUT2D eigenvalue weighted by Crippen LogP contribution is -2.25. The van der Waals surface area contributed by atoms with E-state index in [0.717, 1.165) is 27.9 Å². The largest absolute Gasteiger partial charge is 0.496 e. The van der Waals surface area contributed by atoms with Gasteiger partial charge in [-0.15, -0.1) is 0 Å². The highest BCUT2D eigenvalue weighted by atomic mass is 16.5. The van der Waals surface area contributed by atoms with Crippen LogP contribution in [0, 0.1) is 0 Å². The number of para-hydroxylation sites is 2. The molecule has 0 atom stereocenters. The average Bonchev–Trinajstić information content (AvgIpc) is 2.60. The summed E-state index contributed by atoms with van der Waals surface area (Å²) in [5, 5.41) is 4.00. The van der Waals surface area contributed by atoms with Crippen molar-refractivity contribution in [3.05, 3.63) is 71.9 Å². The molecule has 0 saturated heterocycles. The molecule has 4 nitrogen and oxygen atoms in total. The molecule has 1 amide bonds. The Morgan fingerprint density at radius 3 is 2.70 bits per heavy atom. The smallest absolute Gasteiger partial charge is 0.224 e. The number of fused-ring (bicyclic) bond motifs is 1. The third-order valence-corrected chi connectivity index (χ3v) is 3.67. The lowest BCUT2D eigenvalue weighted by atomic mass is 10.1. The van der Waals surface area contributed by atoms with Crippen molar-refractivity contribution in [1.29, 1.82) is 0 Å². The van der Waals surface area contributed by atoms with E-state index in [2.05, 4.69) is 10.3 Å². The molecule has 3 rings (SSSR count). The number of rotatable bonds is 5. The molecule has 116 valence electrons. The van der Waals surface area contributed by atoms with Crippen molar-refractivity contribution < 1.29 is 9.53 Å². The number of nitrogens with zero attached hydrogens (tertiary/aromatic N) is 1. The summed E-state index contributed by atoms with van der Waals surface area (Å²) in [6.07, 6.45) is 0.289. The van der Waals surface area contributed by atoms with Crippen LogP contribution in [-0.2, 0) is 17.8 Å². The van der Waals surface area contributed by atoms with Gasteiger partial charge in [0, 0.05) is 10.9 Å². The standard InChI is InChI=1S/C19H18N2O2/c1-23-18-9-5-3-7-15(18)12-19(22)20-13-16-11-10-14-6-2-4-8-17(14)21-16/h2-11H,12-13H2,1H3,(H,20,22). The zero-order valence-electron chi connectivity index (χ0n) is 13.0. The number of ether oxygens (including phenoxy) is 1. The minimum Gasteiger partial charge on any atom is -0.496 e. The normalized spacial score (nSPS) is 10.5. The molecule has 23 heavy (non-hydrogen) atoms. The van der Waals surface area contributed by atoms with Crippen LogP contribution in [0.3, 0.4) is 0 Å². The number of hydrogen-bond acceptors (Lipinski definition) is 3.